The van der Waals surface area contributed by atoms with E-state index in [4.69, 9.17) is 16.7 Å². The number of aromatic carboxylic acids is 1. The molecule has 0 saturated heterocycles. The van der Waals surface area contributed by atoms with Crippen LogP contribution in [0.25, 0.3) is 11.0 Å². The number of hydrogen-bond donors (Lipinski definition) is 2. The van der Waals surface area contributed by atoms with E-state index in [0.29, 0.717) is 10.8 Å². The van der Waals surface area contributed by atoms with Gasteiger partial charge in [-0.3, -0.25) is 0 Å². The summed E-state index contributed by atoms with van der Waals surface area (Å²) in [4.78, 5) is 18.6. The van der Waals surface area contributed by atoms with Crippen molar-refractivity contribution < 1.29 is 9.90 Å². The molecule has 0 unspecified atom stereocenters. The second kappa shape index (κ2) is 5.79. The maximum absolute atomic E-state index is 10.9. The van der Waals surface area contributed by atoms with Crippen molar-refractivity contribution in [3.63, 3.8) is 0 Å². The van der Waals surface area contributed by atoms with E-state index in [1.807, 2.05) is 24.3 Å². The maximum atomic E-state index is 10.9. The molecule has 0 aliphatic rings. The van der Waals surface area contributed by atoms with Gasteiger partial charge in [0.25, 0.3) is 0 Å². The molecular weight excluding hydrogens is 308 g/mol. The normalized spacial score (nSPS) is 10.9. The third-order valence-electron chi connectivity index (χ3n) is 3.03. The Morgan fingerprint density at radius 1 is 1.29 bits per heavy atom. The lowest BCUT2D eigenvalue weighted by atomic mass is 10.1. The fraction of sp³-hybridized carbons (Fsp3) is 0.0667. The number of para-hydroxylation sites is 2. The number of nitrogens with one attached hydrogen (secondary N) is 1. The van der Waals surface area contributed by atoms with E-state index in [1.165, 1.54) is 17.8 Å². The lowest BCUT2D eigenvalue weighted by molar-refractivity contribution is 0.0697. The van der Waals surface area contributed by atoms with Crippen molar-refractivity contribution in [1.29, 1.82) is 0 Å². The van der Waals surface area contributed by atoms with Crippen LogP contribution in [0.4, 0.5) is 0 Å². The molecule has 6 heteroatoms. The number of aromatic nitrogens is 2. The second-order valence-corrected chi connectivity index (χ2v) is 5.83. The summed E-state index contributed by atoms with van der Waals surface area (Å²) in [6, 6.07) is 12.6. The number of H-pyrrole nitrogens is 1. The second-order valence-electron chi connectivity index (χ2n) is 4.46. The molecule has 0 aliphatic carbocycles. The highest BCUT2D eigenvalue weighted by Gasteiger charge is 2.09. The molecular formula is C15H11ClN2O2S. The van der Waals surface area contributed by atoms with Gasteiger partial charge in [-0.2, -0.15) is 0 Å². The highest BCUT2D eigenvalue weighted by atomic mass is 35.5. The van der Waals surface area contributed by atoms with Crippen LogP contribution >= 0.6 is 23.4 Å². The van der Waals surface area contributed by atoms with Crippen LogP contribution in [0.3, 0.4) is 0 Å². The Balaban J connectivity index is 1.76. The van der Waals surface area contributed by atoms with Crippen LogP contribution in [-0.2, 0) is 5.75 Å². The van der Waals surface area contributed by atoms with E-state index < -0.39 is 5.97 Å². The summed E-state index contributed by atoms with van der Waals surface area (Å²) in [5.74, 6) is -0.355. The number of carboxylic acids is 1. The molecule has 1 aromatic heterocycles. The van der Waals surface area contributed by atoms with Crippen molar-refractivity contribution in [3.05, 3.63) is 58.6 Å². The molecule has 0 aliphatic heterocycles. The first-order valence-corrected chi connectivity index (χ1v) is 7.59. The van der Waals surface area contributed by atoms with Crippen molar-refractivity contribution in [2.45, 2.75) is 10.9 Å². The minimum atomic E-state index is -0.978. The van der Waals surface area contributed by atoms with Gasteiger partial charge in [-0.15, -0.1) is 0 Å². The van der Waals surface area contributed by atoms with Crippen LogP contribution < -0.4 is 0 Å². The fourth-order valence-electron chi connectivity index (χ4n) is 1.94. The van der Waals surface area contributed by atoms with Crippen LogP contribution in [-0.4, -0.2) is 21.0 Å². The highest BCUT2D eigenvalue weighted by Crippen LogP contribution is 2.27. The van der Waals surface area contributed by atoms with E-state index in [1.54, 1.807) is 12.1 Å². The smallest absolute Gasteiger partial charge is 0.335 e. The number of carbonyl (C=O) groups is 1. The van der Waals surface area contributed by atoms with Gasteiger partial charge in [0.1, 0.15) is 0 Å². The summed E-state index contributed by atoms with van der Waals surface area (Å²) < 4.78 is 0. The topological polar surface area (TPSA) is 66.0 Å². The lowest BCUT2D eigenvalue weighted by Crippen LogP contribution is -1.96. The summed E-state index contributed by atoms with van der Waals surface area (Å²) in [5, 5.41) is 10.2. The third kappa shape index (κ3) is 3.04. The van der Waals surface area contributed by atoms with Crippen LogP contribution in [0, 0.1) is 0 Å². The van der Waals surface area contributed by atoms with Gasteiger partial charge in [0.05, 0.1) is 16.6 Å². The molecule has 0 fully saturated rings. The number of hydrogen-bond acceptors (Lipinski definition) is 3. The first-order chi connectivity index (χ1) is 10.1. The lowest BCUT2D eigenvalue weighted by Gasteiger charge is -2.03. The molecule has 3 aromatic rings. The predicted octanol–water partition coefficient (Wildman–Crippen LogP) is 4.21. The zero-order valence-electron chi connectivity index (χ0n) is 10.8. The molecule has 0 radical (unpaired) electrons. The molecule has 3 rings (SSSR count). The molecule has 0 atom stereocenters. The van der Waals surface area contributed by atoms with Gasteiger partial charge in [-0.1, -0.05) is 41.6 Å². The molecule has 2 aromatic carbocycles. The molecule has 21 heavy (non-hydrogen) atoms. The standard InChI is InChI=1S/C15H11ClN2O2S/c16-11-7-9(14(19)20)5-6-10(11)8-21-15-17-12-3-1-2-4-13(12)18-15/h1-7H,8H2,(H,17,18)(H,19,20). The van der Waals surface area contributed by atoms with Gasteiger partial charge in [-0.25, -0.2) is 9.78 Å². The molecule has 1 heterocycles. The van der Waals surface area contributed by atoms with Crippen molar-refractivity contribution >= 4 is 40.4 Å². The number of imidazole rings is 1. The molecule has 0 saturated carbocycles. The number of carboxylic acid groups (broad SMARTS) is 1. The van der Waals surface area contributed by atoms with Gasteiger partial charge in [-0.05, 0) is 29.8 Å². The Morgan fingerprint density at radius 2 is 2.10 bits per heavy atom. The zero-order chi connectivity index (χ0) is 14.8. The molecule has 106 valence electrons. The minimum absolute atomic E-state index is 0.192. The fourth-order valence-corrected chi connectivity index (χ4v) is 3.16. The Labute approximate surface area is 130 Å². The number of nitrogens with zero attached hydrogens (tertiary/aromatic N) is 1. The van der Waals surface area contributed by atoms with E-state index in [0.717, 1.165) is 21.8 Å². The van der Waals surface area contributed by atoms with Gasteiger partial charge in [0.15, 0.2) is 5.16 Å². The molecule has 2 N–H and O–H groups in total. The molecule has 0 amide bonds. The summed E-state index contributed by atoms with van der Waals surface area (Å²) >= 11 is 7.64. The number of halogens is 1. The first-order valence-electron chi connectivity index (χ1n) is 6.23. The average molecular weight is 319 g/mol. The quantitative estimate of drug-likeness (QED) is 0.707. The zero-order valence-corrected chi connectivity index (χ0v) is 12.4. The minimum Gasteiger partial charge on any atom is -0.478 e. The predicted molar refractivity (Wildman–Crippen MR) is 84.1 cm³/mol. The van der Waals surface area contributed by atoms with Crippen LogP contribution in [0.15, 0.2) is 47.6 Å². The summed E-state index contributed by atoms with van der Waals surface area (Å²) in [6.45, 7) is 0. The monoisotopic (exact) mass is 318 g/mol. The number of thioether (sulfide) groups is 1. The van der Waals surface area contributed by atoms with E-state index >= 15 is 0 Å². The third-order valence-corrected chi connectivity index (χ3v) is 4.31. The van der Waals surface area contributed by atoms with E-state index in [9.17, 15) is 4.79 Å². The number of benzene rings is 2. The van der Waals surface area contributed by atoms with Gasteiger partial charge >= 0.3 is 5.97 Å². The van der Waals surface area contributed by atoms with Crippen molar-refractivity contribution in [3.8, 4) is 0 Å². The van der Waals surface area contributed by atoms with Gasteiger partial charge < -0.3 is 10.1 Å². The molecule has 4 nitrogen and oxygen atoms in total. The Bertz CT molecular complexity index is 783. The van der Waals surface area contributed by atoms with Crippen molar-refractivity contribution in [2.24, 2.45) is 0 Å². The first kappa shape index (κ1) is 14.0. The number of rotatable bonds is 4. The summed E-state index contributed by atoms with van der Waals surface area (Å²) in [7, 11) is 0. The largest absolute Gasteiger partial charge is 0.478 e. The Hall–Kier alpha value is -1.98. The van der Waals surface area contributed by atoms with Crippen LogP contribution in [0.2, 0.25) is 5.02 Å². The van der Waals surface area contributed by atoms with E-state index in [-0.39, 0.29) is 5.56 Å². The molecule has 0 bridgehead atoms. The van der Waals surface area contributed by atoms with Crippen LogP contribution in [0.1, 0.15) is 15.9 Å². The number of fused-ring (bicyclic) bond motifs is 1. The van der Waals surface area contributed by atoms with Gasteiger partial charge in [0.2, 0.25) is 0 Å². The Kier molecular flexibility index (Phi) is 3.86. The number of aromatic amines is 1. The maximum Gasteiger partial charge on any atom is 0.335 e. The average Bonchev–Trinajstić information content (AvgIpc) is 2.88. The van der Waals surface area contributed by atoms with E-state index in [2.05, 4.69) is 9.97 Å². The summed E-state index contributed by atoms with van der Waals surface area (Å²) in [6.07, 6.45) is 0. The Morgan fingerprint density at radius 3 is 2.81 bits per heavy atom. The highest BCUT2D eigenvalue weighted by molar-refractivity contribution is 7.98. The van der Waals surface area contributed by atoms with Gasteiger partial charge in [0, 0.05) is 10.8 Å². The van der Waals surface area contributed by atoms with Crippen molar-refractivity contribution in [2.75, 3.05) is 0 Å². The van der Waals surface area contributed by atoms with Crippen LogP contribution in [0.5, 0.6) is 0 Å². The van der Waals surface area contributed by atoms with Crippen molar-refractivity contribution in [1.82, 2.24) is 9.97 Å². The summed E-state index contributed by atoms with van der Waals surface area (Å²) in [5.41, 5.74) is 2.99. The molecule has 0 spiro atoms. The SMILES string of the molecule is O=C(O)c1ccc(CSc2nc3ccccc3[nH]2)c(Cl)c1.